The second kappa shape index (κ2) is 5.92. The summed E-state index contributed by atoms with van der Waals surface area (Å²) in [6, 6.07) is 6.71. The Morgan fingerprint density at radius 2 is 2.00 bits per heavy atom. The third kappa shape index (κ3) is 2.70. The molecule has 108 valence electrons. The second-order valence-electron chi connectivity index (χ2n) is 5.83. The van der Waals surface area contributed by atoms with Crippen LogP contribution >= 0.6 is 0 Å². The number of hydrogen-bond donors (Lipinski definition) is 1. The van der Waals surface area contributed by atoms with E-state index in [1.54, 1.807) is 17.0 Å². The largest absolute Gasteiger partial charge is 0.322 e. The maximum atomic E-state index is 13.9. The van der Waals surface area contributed by atoms with E-state index in [0.717, 1.165) is 18.9 Å². The zero-order chi connectivity index (χ0) is 13.9. The summed E-state index contributed by atoms with van der Waals surface area (Å²) in [7, 11) is 0. The van der Waals surface area contributed by atoms with Crippen LogP contribution in [0.5, 0.6) is 0 Å². The quantitative estimate of drug-likeness (QED) is 0.917. The van der Waals surface area contributed by atoms with Crippen LogP contribution in [-0.4, -0.2) is 23.9 Å². The highest BCUT2D eigenvalue weighted by atomic mass is 19.1. The van der Waals surface area contributed by atoms with Crippen molar-refractivity contribution in [2.45, 2.75) is 38.3 Å². The number of nitrogens with one attached hydrogen (secondary N) is 1. The topological polar surface area (TPSA) is 32.3 Å². The summed E-state index contributed by atoms with van der Waals surface area (Å²) in [5.41, 5.74) is 0.574. The molecule has 1 atom stereocenters. The molecular weight excluding hydrogens is 255 g/mol. The summed E-state index contributed by atoms with van der Waals surface area (Å²) in [6.07, 6.45) is 5.92. The van der Waals surface area contributed by atoms with E-state index < -0.39 is 0 Å². The van der Waals surface area contributed by atoms with Gasteiger partial charge >= 0.3 is 0 Å². The van der Waals surface area contributed by atoms with E-state index in [0.29, 0.717) is 12.1 Å². The van der Waals surface area contributed by atoms with Gasteiger partial charge in [-0.15, -0.1) is 0 Å². The summed E-state index contributed by atoms with van der Waals surface area (Å²) in [6.45, 7) is 1.04. The number of carbonyl (C=O) groups is 1. The van der Waals surface area contributed by atoms with Crippen molar-refractivity contribution in [3.05, 3.63) is 35.6 Å². The minimum Gasteiger partial charge on any atom is -0.322 e. The van der Waals surface area contributed by atoms with Gasteiger partial charge in [0.2, 0.25) is 5.91 Å². The van der Waals surface area contributed by atoms with Gasteiger partial charge in [0.1, 0.15) is 12.0 Å². The molecule has 2 fully saturated rings. The van der Waals surface area contributed by atoms with Crippen LogP contribution in [0.4, 0.5) is 4.39 Å². The molecule has 0 bridgehead atoms. The molecule has 1 aromatic carbocycles. The van der Waals surface area contributed by atoms with Gasteiger partial charge in [-0.25, -0.2) is 4.39 Å². The third-order valence-corrected chi connectivity index (χ3v) is 4.53. The fraction of sp³-hybridized carbons (Fsp3) is 0.562. The van der Waals surface area contributed by atoms with Gasteiger partial charge in [-0.05, 0) is 18.4 Å². The molecule has 1 aromatic rings. The number of hydrogen-bond acceptors (Lipinski definition) is 2. The minimum absolute atomic E-state index is 0.0799. The lowest BCUT2D eigenvalue weighted by Gasteiger charge is -2.26. The van der Waals surface area contributed by atoms with Crippen molar-refractivity contribution in [1.29, 1.82) is 0 Å². The van der Waals surface area contributed by atoms with Gasteiger partial charge in [-0.2, -0.15) is 0 Å². The molecule has 0 aromatic heterocycles. The normalized spacial score (nSPS) is 23.8. The van der Waals surface area contributed by atoms with Gasteiger partial charge in [0.25, 0.3) is 0 Å². The Balaban J connectivity index is 1.70. The fourth-order valence-corrected chi connectivity index (χ4v) is 3.39. The Bertz CT molecular complexity index is 485. The first-order chi connectivity index (χ1) is 9.75. The van der Waals surface area contributed by atoms with Gasteiger partial charge in [0.15, 0.2) is 0 Å². The Morgan fingerprint density at radius 1 is 1.25 bits per heavy atom. The monoisotopic (exact) mass is 276 g/mol. The summed E-state index contributed by atoms with van der Waals surface area (Å²) >= 11 is 0. The number of amides is 1. The number of benzene rings is 1. The van der Waals surface area contributed by atoms with E-state index >= 15 is 0 Å². The highest BCUT2D eigenvalue weighted by molar-refractivity contribution is 5.80. The van der Waals surface area contributed by atoms with Crippen molar-refractivity contribution < 1.29 is 9.18 Å². The Morgan fingerprint density at radius 3 is 2.75 bits per heavy atom. The highest BCUT2D eigenvalue weighted by Crippen LogP contribution is 2.30. The van der Waals surface area contributed by atoms with E-state index in [-0.39, 0.29) is 17.9 Å². The molecule has 3 nitrogen and oxygen atoms in total. The Kier molecular flexibility index (Phi) is 4.01. The number of carbonyl (C=O) groups excluding carboxylic acids is 1. The van der Waals surface area contributed by atoms with Gasteiger partial charge < -0.3 is 4.90 Å². The predicted molar refractivity (Wildman–Crippen MR) is 75.4 cm³/mol. The number of nitrogens with zero attached hydrogens (tertiary/aromatic N) is 1. The fourth-order valence-electron chi connectivity index (χ4n) is 3.39. The molecule has 1 unspecified atom stereocenters. The van der Waals surface area contributed by atoms with Gasteiger partial charge in [0, 0.05) is 12.1 Å². The first-order valence-corrected chi connectivity index (χ1v) is 7.53. The van der Waals surface area contributed by atoms with Gasteiger partial charge in [-0.3, -0.25) is 10.1 Å². The molecule has 1 N–H and O–H groups in total. The van der Waals surface area contributed by atoms with Crippen LogP contribution in [0.3, 0.4) is 0 Å². The van der Waals surface area contributed by atoms with Crippen LogP contribution in [0.25, 0.3) is 0 Å². The third-order valence-electron chi connectivity index (χ3n) is 4.53. The highest BCUT2D eigenvalue weighted by Gasteiger charge is 2.33. The van der Waals surface area contributed by atoms with E-state index in [9.17, 15) is 9.18 Å². The lowest BCUT2D eigenvalue weighted by molar-refractivity contribution is -0.128. The van der Waals surface area contributed by atoms with E-state index in [1.165, 1.54) is 31.7 Å². The molecule has 1 saturated heterocycles. The smallest absolute Gasteiger partial charge is 0.238 e. The lowest BCUT2D eigenvalue weighted by atomic mass is 10.0. The van der Waals surface area contributed by atoms with Crippen LogP contribution in [0.2, 0.25) is 0 Å². The SMILES string of the molecule is O=C1CNC(c2ccccc2F)N1CCC1CCCC1. The maximum absolute atomic E-state index is 13.9. The Hall–Kier alpha value is -1.42. The molecular formula is C16H21FN2O. The first kappa shape index (κ1) is 13.6. The van der Waals surface area contributed by atoms with Crippen LogP contribution in [0.15, 0.2) is 24.3 Å². The predicted octanol–water partition coefficient (Wildman–Crippen LogP) is 2.84. The van der Waals surface area contributed by atoms with Crippen molar-refractivity contribution in [3.8, 4) is 0 Å². The molecule has 0 spiro atoms. The second-order valence-corrected chi connectivity index (χ2v) is 5.83. The standard InChI is InChI=1S/C16H21FN2O/c17-14-8-4-3-7-13(14)16-18-11-15(20)19(16)10-9-12-5-1-2-6-12/h3-4,7-8,12,16,18H,1-2,5-6,9-11H2. The summed E-state index contributed by atoms with van der Waals surface area (Å²) in [5, 5.41) is 3.13. The minimum atomic E-state index is -0.301. The van der Waals surface area contributed by atoms with Gasteiger partial charge in [-0.1, -0.05) is 43.9 Å². The lowest BCUT2D eigenvalue weighted by Crippen LogP contribution is -2.32. The summed E-state index contributed by atoms with van der Waals surface area (Å²) < 4.78 is 13.9. The van der Waals surface area contributed by atoms with E-state index in [4.69, 9.17) is 0 Å². The zero-order valence-electron chi connectivity index (χ0n) is 11.6. The average molecular weight is 276 g/mol. The van der Waals surface area contributed by atoms with E-state index in [2.05, 4.69) is 5.32 Å². The maximum Gasteiger partial charge on any atom is 0.238 e. The molecule has 0 radical (unpaired) electrons. The van der Waals surface area contributed by atoms with Gasteiger partial charge in [0.05, 0.1) is 6.54 Å². The van der Waals surface area contributed by atoms with Crippen LogP contribution in [0, 0.1) is 11.7 Å². The summed E-state index contributed by atoms with van der Waals surface area (Å²) in [4.78, 5) is 13.8. The molecule has 1 amide bonds. The Labute approximate surface area is 119 Å². The van der Waals surface area contributed by atoms with Crippen molar-refractivity contribution in [2.24, 2.45) is 5.92 Å². The van der Waals surface area contributed by atoms with Crippen molar-refractivity contribution in [2.75, 3.05) is 13.1 Å². The average Bonchev–Trinajstić information content (AvgIpc) is 3.07. The van der Waals surface area contributed by atoms with Crippen molar-refractivity contribution in [3.63, 3.8) is 0 Å². The van der Waals surface area contributed by atoms with Crippen molar-refractivity contribution >= 4 is 5.91 Å². The first-order valence-electron chi connectivity index (χ1n) is 7.53. The molecule has 1 heterocycles. The number of rotatable bonds is 4. The summed E-state index contributed by atoms with van der Waals surface area (Å²) in [5.74, 6) is 0.575. The molecule has 1 aliphatic heterocycles. The zero-order valence-corrected chi connectivity index (χ0v) is 11.6. The van der Waals surface area contributed by atoms with Crippen molar-refractivity contribution in [1.82, 2.24) is 10.2 Å². The molecule has 3 rings (SSSR count). The molecule has 4 heteroatoms. The van der Waals surface area contributed by atoms with E-state index in [1.807, 2.05) is 6.07 Å². The number of halogens is 1. The van der Waals surface area contributed by atoms with Crippen LogP contribution < -0.4 is 5.32 Å². The molecule has 2 aliphatic rings. The molecule has 1 saturated carbocycles. The molecule has 20 heavy (non-hydrogen) atoms. The van der Waals surface area contributed by atoms with Crippen LogP contribution in [0.1, 0.15) is 43.8 Å². The molecule has 1 aliphatic carbocycles. The van der Waals surface area contributed by atoms with Crippen LogP contribution in [-0.2, 0) is 4.79 Å².